The molecule has 0 aliphatic carbocycles. The number of anilines is 1. The second-order valence-electron chi connectivity index (χ2n) is 4.87. The van der Waals surface area contributed by atoms with Crippen molar-refractivity contribution in [3.63, 3.8) is 0 Å². The van der Waals surface area contributed by atoms with E-state index in [4.69, 9.17) is 4.74 Å². The molecule has 0 aliphatic heterocycles. The van der Waals surface area contributed by atoms with Gasteiger partial charge in [0.25, 0.3) is 0 Å². The molecule has 0 aliphatic rings. The van der Waals surface area contributed by atoms with Gasteiger partial charge in [-0.1, -0.05) is 18.2 Å². The number of likely N-dealkylation sites (N-methyl/N-ethyl adjacent to an activating group) is 1. The molecule has 0 saturated heterocycles. The van der Waals surface area contributed by atoms with Crippen molar-refractivity contribution in [2.75, 3.05) is 26.0 Å². The maximum absolute atomic E-state index is 11.9. The minimum absolute atomic E-state index is 0.0893. The zero-order chi connectivity index (χ0) is 16.7. The van der Waals surface area contributed by atoms with Crippen LogP contribution >= 0.6 is 0 Å². The van der Waals surface area contributed by atoms with Crippen LogP contribution in [0.5, 0.6) is 11.6 Å². The topological polar surface area (TPSA) is 83.6 Å². The predicted molar refractivity (Wildman–Crippen MR) is 86.5 cm³/mol. The number of carbonyl (C=O) groups excluding carboxylic acids is 2. The van der Waals surface area contributed by atoms with Gasteiger partial charge in [0.15, 0.2) is 0 Å². The van der Waals surface area contributed by atoms with E-state index in [1.165, 1.54) is 4.90 Å². The highest BCUT2D eigenvalue weighted by Gasteiger charge is 2.11. The van der Waals surface area contributed by atoms with Gasteiger partial charge in [0.05, 0.1) is 6.54 Å². The second kappa shape index (κ2) is 7.79. The Hall–Kier alpha value is -3.09. The molecule has 1 aromatic heterocycles. The highest BCUT2D eigenvalue weighted by atomic mass is 16.5. The third kappa shape index (κ3) is 4.99. The van der Waals surface area contributed by atoms with Crippen LogP contribution in [-0.4, -0.2) is 42.5 Å². The lowest BCUT2D eigenvalue weighted by Crippen LogP contribution is -2.38. The monoisotopic (exact) mass is 314 g/mol. The molecular formula is C16H18N4O3. The summed E-state index contributed by atoms with van der Waals surface area (Å²) in [6.07, 6.45) is 1.57. The number of nitrogens with one attached hydrogen (secondary N) is 2. The number of urea groups is 1. The average Bonchev–Trinajstić information content (AvgIpc) is 2.55. The number of aromatic nitrogens is 1. The fraction of sp³-hybridized carbons (Fsp3) is 0.188. The number of amides is 3. The van der Waals surface area contributed by atoms with Gasteiger partial charge in [0.1, 0.15) is 11.4 Å². The summed E-state index contributed by atoms with van der Waals surface area (Å²) in [6, 6.07) is 12.0. The van der Waals surface area contributed by atoms with Crippen molar-refractivity contribution in [1.29, 1.82) is 0 Å². The molecule has 2 aromatic rings. The van der Waals surface area contributed by atoms with Crippen LogP contribution in [0, 0.1) is 0 Å². The quantitative estimate of drug-likeness (QED) is 0.885. The first-order valence-corrected chi connectivity index (χ1v) is 6.99. The Labute approximate surface area is 134 Å². The van der Waals surface area contributed by atoms with Crippen molar-refractivity contribution in [2.24, 2.45) is 0 Å². The molecule has 3 amide bonds. The van der Waals surface area contributed by atoms with Crippen molar-refractivity contribution in [1.82, 2.24) is 15.2 Å². The first-order chi connectivity index (χ1) is 11.1. The molecule has 2 rings (SSSR count). The summed E-state index contributed by atoms with van der Waals surface area (Å²) < 4.78 is 5.65. The number of hydrogen-bond donors (Lipinski definition) is 2. The molecule has 0 bridgehead atoms. The number of rotatable bonds is 5. The Bertz CT molecular complexity index is 674. The maximum atomic E-state index is 11.9. The third-order valence-electron chi connectivity index (χ3n) is 2.88. The molecule has 0 unspecified atom stereocenters. The van der Waals surface area contributed by atoms with Crippen molar-refractivity contribution in [3.05, 3.63) is 48.7 Å². The van der Waals surface area contributed by atoms with E-state index in [2.05, 4.69) is 15.6 Å². The molecule has 7 nitrogen and oxygen atoms in total. The van der Waals surface area contributed by atoms with E-state index in [0.717, 1.165) is 0 Å². The van der Waals surface area contributed by atoms with Gasteiger partial charge in [-0.25, -0.2) is 9.78 Å². The van der Waals surface area contributed by atoms with Gasteiger partial charge in [-0.3, -0.25) is 4.79 Å². The standard InChI is InChI=1S/C16H18N4O3/c1-20(2)14(21)11-18-16(22)19-13-9-6-10-17-15(13)23-12-7-4-3-5-8-12/h3-10H,11H2,1-2H3,(H2,18,19,22). The normalized spacial score (nSPS) is 9.83. The molecule has 0 radical (unpaired) electrons. The van der Waals surface area contributed by atoms with Crippen LogP contribution < -0.4 is 15.4 Å². The van der Waals surface area contributed by atoms with Gasteiger partial charge in [-0.2, -0.15) is 0 Å². The van der Waals surface area contributed by atoms with E-state index in [-0.39, 0.29) is 18.3 Å². The molecule has 0 saturated carbocycles. The van der Waals surface area contributed by atoms with E-state index in [1.807, 2.05) is 18.2 Å². The van der Waals surface area contributed by atoms with Gasteiger partial charge >= 0.3 is 6.03 Å². The number of nitrogens with zero attached hydrogens (tertiary/aromatic N) is 2. The number of pyridine rings is 1. The van der Waals surface area contributed by atoms with Crippen LogP contribution in [0.2, 0.25) is 0 Å². The summed E-state index contributed by atoms with van der Waals surface area (Å²) in [5.74, 6) is 0.678. The lowest BCUT2D eigenvalue weighted by Gasteiger charge is -2.13. The SMILES string of the molecule is CN(C)C(=O)CNC(=O)Nc1cccnc1Oc1ccccc1. The predicted octanol–water partition coefficient (Wildman–Crippen LogP) is 2.08. The van der Waals surface area contributed by atoms with Gasteiger partial charge < -0.3 is 20.3 Å². The van der Waals surface area contributed by atoms with Crippen molar-refractivity contribution < 1.29 is 14.3 Å². The molecule has 0 atom stereocenters. The van der Waals surface area contributed by atoms with E-state index in [1.54, 1.807) is 44.6 Å². The molecule has 120 valence electrons. The van der Waals surface area contributed by atoms with Crippen LogP contribution in [-0.2, 0) is 4.79 Å². The van der Waals surface area contributed by atoms with Crippen molar-refractivity contribution in [3.8, 4) is 11.6 Å². The largest absolute Gasteiger partial charge is 0.437 e. The van der Waals surface area contributed by atoms with Crippen molar-refractivity contribution in [2.45, 2.75) is 0 Å². The lowest BCUT2D eigenvalue weighted by molar-refractivity contribution is -0.127. The van der Waals surface area contributed by atoms with Crippen molar-refractivity contribution >= 4 is 17.6 Å². The summed E-state index contributed by atoms with van der Waals surface area (Å²) >= 11 is 0. The van der Waals surface area contributed by atoms with E-state index < -0.39 is 6.03 Å². The van der Waals surface area contributed by atoms with E-state index >= 15 is 0 Å². The molecule has 23 heavy (non-hydrogen) atoms. The molecule has 7 heteroatoms. The minimum Gasteiger partial charge on any atom is -0.437 e. The first-order valence-electron chi connectivity index (χ1n) is 6.99. The number of hydrogen-bond acceptors (Lipinski definition) is 4. The number of benzene rings is 1. The number of carbonyl (C=O) groups is 2. The summed E-state index contributed by atoms with van der Waals surface area (Å²) in [7, 11) is 3.24. The summed E-state index contributed by atoms with van der Waals surface area (Å²) in [5, 5.41) is 5.10. The smallest absolute Gasteiger partial charge is 0.319 e. The Morgan fingerprint density at radius 3 is 2.57 bits per heavy atom. The third-order valence-corrected chi connectivity index (χ3v) is 2.88. The second-order valence-corrected chi connectivity index (χ2v) is 4.87. The zero-order valence-corrected chi connectivity index (χ0v) is 12.9. The fourth-order valence-corrected chi connectivity index (χ4v) is 1.65. The van der Waals surface area contributed by atoms with E-state index in [0.29, 0.717) is 11.4 Å². The molecule has 0 spiro atoms. The Morgan fingerprint density at radius 2 is 1.87 bits per heavy atom. The average molecular weight is 314 g/mol. The molecule has 1 heterocycles. The van der Waals surface area contributed by atoms with E-state index in [9.17, 15) is 9.59 Å². The highest BCUT2D eigenvalue weighted by Crippen LogP contribution is 2.26. The van der Waals surface area contributed by atoms with Gasteiger partial charge in [0.2, 0.25) is 11.8 Å². The van der Waals surface area contributed by atoms with Crippen LogP contribution in [0.4, 0.5) is 10.5 Å². The highest BCUT2D eigenvalue weighted by molar-refractivity contribution is 5.93. The first kappa shape index (κ1) is 16.3. The summed E-state index contributed by atoms with van der Waals surface area (Å²) in [6.45, 7) is -0.0893. The van der Waals surface area contributed by atoms with Gasteiger partial charge in [-0.15, -0.1) is 0 Å². The summed E-state index contributed by atoms with van der Waals surface area (Å²) in [5.41, 5.74) is 0.408. The Morgan fingerprint density at radius 1 is 1.13 bits per heavy atom. The number of ether oxygens (including phenoxy) is 1. The molecule has 0 fully saturated rings. The molecule has 1 aromatic carbocycles. The zero-order valence-electron chi connectivity index (χ0n) is 12.9. The van der Waals surface area contributed by atoms with Crippen LogP contribution in [0.1, 0.15) is 0 Å². The van der Waals surface area contributed by atoms with Gasteiger partial charge in [0, 0.05) is 20.3 Å². The van der Waals surface area contributed by atoms with Crippen LogP contribution in [0.3, 0.4) is 0 Å². The summed E-state index contributed by atoms with van der Waals surface area (Å²) in [4.78, 5) is 28.8. The number of para-hydroxylation sites is 1. The minimum atomic E-state index is -0.508. The van der Waals surface area contributed by atoms with Crippen LogP contribution in [0.25, 0.3) is 0 Å². The lowest BCUT2D eigenvalue weighted by atomic mass is 10.3. The molecule has 2 N–H and O–H groups in total. The van der Waals surface area contributed by atoms with Crippen LogP contribution in [0.15, 0.2) is 48.7 Å². The fourth-order valence-electron chi connectivity index (χ4n) is 1.65. The Kier molecular flexibility index (Phi) is 5.51. The maximum Gasteiger partial charge on any atom is 0.319 e. The Balaban J connectivity index is 2.00. The molecular weight excluding hydrogens is 296 g/mol. The van der Waals surface area contributed by atoms with Gasteiger partial charge in [-0.05, 0) is 24.3 Å².